The van der Waals surface area contributed by atoms with Crippen LogP contribution in [-0.2, 0) is 4.79 Å². The number of rotatable bonds is 2. The van der Waals surface area contributed by atoms with Crippen molar-refractivity contribution in [2.24, 2.45) is 0 Å². The molecule has 14 heavy (non-hydrogen) atoms. The summed E-state index contributed by atoms with van der Waals surface area (Å²) < 4.78 is 7.40. The monoisotopic (exact) mass is 383 g/mol. The lowest BCUT2D eigenvalue weighted by atomic mass is 10.3. The second kappa shape index (κ2) is 5.28. The Morgan fingerprint density at radius 3 is 2.21 bits per heavy atom. The van der Waals surface area contributed by atoms with Gasteiger partial charge in [0.05, 0.1) is 15.4 Å². The standard InChI is InChI=1S/C9H6Br3O2/c1-2-8(13)14-9-6(11)3-5(10)4-7(9)12/h2-4H,1H3. The number of carbonyl (C=O) groups is 1. The molecule has 0 aromatic heterocycles. The first-order chi connectivity index (χ1) is 6.54. The van der Waals surface area contributed by atoms with Crippen LogP contribution in [0, 0.1) is 6.42 Å². The third kappa shape index (κ3) is 3.07. The van der Waals surface area contributed by atoms with Crippen molar-refractivity contribution >= 4 is 53.8 Å². The van der Waals surface area contributed by atoms with E-state index in [0.717, 1.165) is 4.47 Å². The third-order valence-corrected chi connectivity index (χ3v) is 3.04. The van der Waals surface area contributed by atoms with Crippen molar-refractivity contribution in [3.63, 3.8) is 0 Å². The Kier molecular flexibility index (Phi) is 4.60. The van der Waals surface area contributed by atoms with Gasteiger partial charge >= 0.3 is 5.97 Å². The van der Waals surface area contributed by atoms with Gasteiger partial charge in [-0.05, 0) is 44.0 Å². The van der Waals surface area contributed by atoms with Gasteiger partial charge in [-0.15, -0.1) is 0 Å². The molecule has 0 aliphatic heterocycles. The fourth-order valence-electron chi connectivity index (χ4n) is 0.786. The van der Waals surface area contributed by atoms with E-state index in [0.29, 0.717) is 14.7 Å². The highest BCUT2D eigenvalue weighted by Crippen LogP contribution is 2.36. The molecule has 1 aromatic carbocycles. The van der Waals surface area contributed by atoms with Gasteiger partial charge in [-0.1, -0.05) is 22.9 Å². The van der Waals surface area contributed by atoms with Crippen molar-refractivity contribution in [2.45, 2.75) is 6.92 Å². The molecule has 5 heteroatoms. The minimum atomic E-state index is -0.381. The normalized spacial score (nSPS) is 10.0. The Labute approximate surface area is 107 Å². The summed E-state index contributed by atoms with van der Waals surface area (Å²) in [5.74, 6) is 0.102. The van der Waals surface area contributed by atoms with E-state index >= 15 is 0 Å². The van der Waals surface area contributed by atoms with Crippen molar-refractivity contribution in [3.05, 3.63) is 32.0 Å². The molecular weight excluding hydrogens is 380 g/mol. The zero-order valence-corrected chi connectivity index (χ0v) is 11.9. The number of hydrogen-bond acceptors (Lipinski definition) is 2. The molecule has 1 radical (unpaired) electrons. The van der Waals surface area contributed by atoms with Crippen LogP contribution in [0.3, 0.4) is 0 Å². The molecule has 0 aliphatic rings. The van der Waals surface area contributed by atoms with Gasteiger partial charge in [-0.25, -0.2) is 0 Å². The molecule has 0 saturated heterocycles. The average molecular weight is 386 g/mol. The van der Waals surface area contributed by atoms with E-state index in [1.807, 2.05) is 12.1 Å². The van der Waals surface area contributed by atoms with E-state index < -0.39 is 0 Å². The highest BCUT2D eigenvalue weighted by molar-refractivity contribution is 9.11. The lowest BCUT2D eigenvalue weighted by Gasteiger charge is -2.07. The number of ether oxygens (including phenoxy) is 1. The average Bonchev–Trinajstić information content (AvgIpc) is 2.10. The van der Waals surface area contributed by atoms with Crippen LogP contribution < -0.4 is 4.74 Å². The maximum absolute atomic E-state index is 11.0. The topological polar surface area (TPSA) is 26.3 Å². The second-order valence-corrected chi connectivity index (χ2v) is 5.03. The van der Waals surface area contributed by atoms with Crippen LogP contribution in [0.4, 0.5) is 0 Å². The molecule has 75 valence electrons. The van der Waals surface area contributed by atoms with E-state index in [2.05, 4.69) is 47.8 Å². The Bertz CT molecular complexity index is 340. The lowest BCUT2D eigenvalue weighted by Crippen LogP contribution is -2.07. The fraction of sp³-hybridized carbons (Fsp3) is 0.111. The van der Waals surface area contributed by atoms with Crippen molar-refractivity contribution in [1.82, 2.24) is 0 Å². The molecule has 0 amide bonds. The van der Waals surface area contributed by atoms with Gasteiger partial charge in [-0.2, -0.15) is 0 Å². The largest absolute Gasteiger partial charge is 0.424 e. The Morgan fingerprint density at radius 2 is 1.79 bits per heavy atom. The number of carbonyl (C=O) groups excluding carboxylic acids is 1. The predicted octanol–water partition coefficient (Wildman–Crippen LogP) is 4.10. The van der Waals surface area contributed by atoms with E-state index in [1.54, 1.807) is 6.92 Å². The summed E-state index contributed by atoms with van der Waals surface area (Å²) in [5.41, 5.74) is 0. The maximum atomic E-state index is 11.0. The van der Waals surface area contributed by atoms with Crippen LogP contribution in [0.1, 0.15) is 6.92 Å². The smallest absolute Gasteiger partial charge is 0.314 e. The van der Waals surface area contributed by atoms with Crippen molar-refractivity contribution < 1.29 is 9.53 Å². The second-order valence-electron chi connectivity index (χ2n) is 2.41. The number of hydrogen-bond donors (Lipinski definition) is 0. The summed E-state index contributed by atoms with van der Waals surface area (Å²) >= 11 is 9.93. The summed E-state index contributed by atoms with van der Waals surface area (Å²) in [6, 6.07) is 3.62. The third-order valence-electron chi connectivity index (χ3n) is 1.40. The molecule has 0 unspecified atom stereocenters. The lowest BCUT2D eigenvalue weighted by molar-refractivity contribution is -0.130. The van der Waals surface area contributed by atoms with Gasteiger partial charge in [0, 0.05) is 4.47 Å². The van der Waals surface area contributed by atoms with Crippen LogP contribution in [-0.4, -0.2) is 5.97 Å². The molecule has 0 N–H and O–H groups in total. The quantitative estimate of drug-likeness (QED) is 0.566. The first kappa shape index (κ1) is 12.2. The van der Waals surface area contributed by atoms with Crippen molar-refractivity contribution in [3.8, 4) is 5.75 Å². The number of halogens is 3. The van der Waals surface area contributed by atoms with Crippen molar-refractivity contribution in [2.75, 3.05) is 0 Å². The van der Waals surface area contributed by atoms with Gasteiger partial charge in [0.2, 0.25) is 0 Å². The van der Waals surface area contributed by atoms with Gasteiger partial charge in [0.1, 0.15) is 0 Å². The Hall–Kier alpha value is 0.130. The summed E-state index contributed by atoms with van der Waals surface area (Å²) in [5, 5.41) is 0. The molecule has 0 fully saturated rings. The molecule has 2 nitrogen and oxygen atoms in total. The van der Waals surface area contributed by atoms with Gasteiger partial charge in [0.25, 0.3) is 0 Å². The SMILES string of the molecule is C[CH]C(=O)Oc1c(Br)cc(Br)cc1Br. The van der Waals surface area contributed by atoms with Crippen LogP contribution >= 0.6 is 47.8 Å². The minimum Gasteiger partial charge on any atom is -0.424 e. The summed E-state index contributed by atoms with van der Waals surface area (Å²) in [6.45, 7) is 1.63. The van der Waals surface area contributed by atoms with E-state index in [4.69, 9.17) is 4.74 Å². The van der Waals surface area contributed by atoms with Gasteiger partial charge < -0.3 is 4.74 Å². The van der Waals surface area contributed by atoms with E-state index in [-0.39, 0.29) is 5.97 Å². The molecule has 1 aromatic rings. The van der Waals surface area contributed by atoms with E-state index in [9.17, 15) is 4.79 Å². The first-order valence-electron chi connectivity index (χ1n) is 3.70. The van der Waals surface area contributed by atoms with Crippen LogP contribution in [0.25, 0.3) is 0 Å². The van der Waals surface area contributed by atoms with Crippen LogP contribution in [0.2, 0.25) is 0 Å². The van der Waals surface area contributed by atoms with Crippen molar-refractivity contribution in [1.29, 1.82) is 0 Å². The summed E-state index contributed by atoms with van der Waals surface area (Å²) in [7, 11) is 0. The summed E-state index contributed by atoms with van der Waals surface area (Å²) in [6.07, 6.45) is 1.36. The Balaban J connectivity index is 3.02. The molecule has 0 heterocycles. The molecular formula is C9H6Br3O2. The number of esters is 1. The number of benzene rings is 1. The van der Waals surface area contributed by atoms with Gasteiger partial charge in [0.15, 0.2) is 5.75 Å². The molecule has 0 spiro atoms. The molecule has 1 rings (SSSR count). The molecule has 0 aliphatic carbocycles. The predicted molar refractivity (Wildman–Crippen MR) is 65.2 cm³/mol. The molecule has 0 atom stereocenters. The molecule has 0 saturated carbocycles. The van der Waals surface area contributed by atoms with Crippen LogP contribution in [0.5, 0.6) is 5.75 Å². The fourth-order valence-corrected chi connectivity index (χ4v) is 3.21. The van der Waals surface area contributed by atoms with E-state index in [1.165, 1.54) is 6.42 Å². The summed E-state index contributed by atoms with van der Waals surface area (Å²) in [4.78, 5) is 11.0. The van der Waals surface area contributed by atoms with Gasteiger partial charge in [-0.3, -0.25) is 4.79 Å². The maximum Gasteiger partial charge on any atom is 0.314 e. The highest BCUT2D eigenvalue weighted by Gasteiger charge is 2.11. The zero-order valence-electron chi connectivity index (χ0n) is 7.18. The zero-order chi connectivity index (χ0) is 10.7. The Morgan fingerprint density at radius 1 is 1.29 bits per heavy atom. The minimum absolute atomic E-state index is 0.381. The first-order valence-corrected chi connectivity index (χ1v) is 6.08. The molecule has 0 bridgehead atoms. The van der Waals surface area contributed by atoms with Crippen LogP contribution in [0.15, 0.2) is 25.6 Å². The highest BCUT2D eigenvalue weighted by atomic mass is 79.9.